The molecule has 1 aromatic rings. The van der Waals surface area contributed by atoms with Crippen LogP contribution in [0.3, 0.4) is 0 Å². The van der Waals surface area contributed by atoms with E-state index in [1.165, 1.54) is 0 Å². The molecule has 1 aromatic heterocycles. The highest BCUT2D eigenvalue weighted by atomic mass is 16.5. The Morgan fingerprint density at radius 3 is 2.95 bits per heavy atom. The van der Waals surface area contributed by atoms with Crippen LogP contribution < -0.4 is 5.32 Å². The molecule has 0 saturated carbocycles. The Morgan fingerprint density at radius 2 is 2.37 bits per heavy atom. The summed E-state index contributed by atoms with van der Waals surface area (Å²) < 4.78 is 5.34. The first-order chi connectivity index (χ1) is 9.15. The maximum Gasteiger partial charge on any atom is 0.254 e. The minimum atomic E-state index is 0.0316. The first kappa shape index (κ1) is 13.8. The molecule has 5 nitrogen and oxygen atoms in total. The number of likely N-dealkylation sites (N-methyl/N-ethyl adjacent to an activating group) is 1. The second kappa shape index (κ2) is 6.02. The molecule has 19 heavy (non-hydrogen) atoms. The number of nitrogens with one attached hydrogen (secondary N) is 1. The van der Waals surface area contributed by atoms with Crippen molar-refractivity contribution in [2.24, 2.45) is 0 Å². The zero-order valence-electron chi connectivity index (χ0n) is 11.8. The fourth-order valence-corrected chi connectivity index (χ4v) is 2.22. The number of aromatic nitrogens is 1. The van der Waals surface area contributed by atoms with E-state index in [0.717, 1.165) is 31.0 Å². The van der Waals surface area contributed by atoms with Crippen molar-refractivity contribution in [1.82, 2.24) is 9.88 Å². The van der Waals surface area contributed by atoms with Crippen LogP contribution in [0.25, 0.3) is 0 Å². The SMILES string of the molecule is CCc1cc(C(=O)N(C)C2CCOC2)cc(NC)n1. The maximum absolute atomic E-state index is 12.5. The van der Waals surface area contributed by atoms with Crippen LogP contribution in [-0.4, -0.2) is 49.1 Å². The van der Waals surface area contributed by atoms with Gasteiger partial charge >= 0.3 is 0 Å². The van der Waals surface area contributed by atoms with E-state index >= 15 is 0 Å². The van der Waals surface area contributed by atoms with E-state index in [1.807, 2.05) is 27.1 Å². The molecule has 0 spiro atoms. The molecule has 104 valence electrons. The Bertz CT molecular complexity index is 434. The molecular weight excluding hydrogens is 242 g/mol. The molecule has 2 heterocycles. The van der Waals surface area contributed by atoms with Crippen LogP contribution in [0.5, 0.6) is 0 Å². The number of pyridine rings is 1. The molecule has 1 aliphatic rings. The average Bonchev–Trinajstić information content (AvgIpc) is 2.99. The summed E-state index contributed by atoms with van der Waals surface area (Å²) in [6.07, 6.45) is 1.72. The van der Waals surface area contributed by atoms with Gasteiger partial charge in [-0.2, -0.15) is 0 Å². The molecule has 0 aliphatic carbocycles. The minimum Gasteiger partial charge on any atom is -0.379 e. The molecule has 1 saturated heterocycles. The molecule has 1 fully saturated rings. The number of carbonyl (C=O) groups is 1. The minimum absolute atomic E-state index is 0.0316. The fraction of sp³-hybridized carbons (Fsp3) is 0.571. The van der Waals surface area contributed by atoms with Gasteiger partial charge in [-0.05, 0) is 25.0 Å². The predicted molar refractivity (Wildman–Crippen MR) is 74.5 cm³/mol. The third-order valence-electron chi connectivity index (χ3n) is 3.52. The van der Waals surface area contributed by atoms with E-state index in [9.17, 15) is 4.79 Å². The van der Waals surface area contributed by atoms with Gasteiger partial charge in [0.2, 0.25) is 0 Å². The first-order valence-corrected chi connectivity index (χ1v) is 6.69. The molecule has 1 atom stereocenters. The number of rotatable bonds is 4. The molecule has 1 unspecified atom stereocenters. The molecule has 1 aliphatic heterocycles. The smallest absolute Gasteiger partial charge is 0.254 e. The topological polar surface area (TPSA) is 54.5 Å². The lowest BCUT2D eigenvalue weighted by atomic mass is 10.1. The van der Waals surface area contributed by atoms with Gasteiger partial charge in [-0.15, -0.1) is 0 Å². The summed E-state index contributed by atoms with van der Waals surface area (Å²) in [5.41, 5.74) is 1.61. The van der Waals surface area contributed by atoms with Crippen molar-refractivity contribution in [3.8, 4) is 0 Å². The van der Waals surface area contributed by atoms with Crippen LogP contribution in [0, 0.1) is 0 Å². The maximum atomic E-state index is 12.5. The Morgan fingerprint density at radius 1 is 1.58 bits per heavy atom. The van der Waals surface area contributed by atoms with Crippen molar-refractivity contribution in [1.29, 1.82) is 0 Å². The molecule has 1 amide bonds. The number of hydrogen-bond acceptors (Lipinski definition) is 4. The van der Waals surface area contributed by atoms with Crippen molar-refractivity contribution >= 4 is 11.7 Å². The van der Waals surface area contributed by atoms with Crippen molar-refractivity contribution in [3.63, 3.8) is 0 Å². The lowest BCUT2D eigenvalue weighted by Crippen LogP contribution is -2.37. The van der Waals surface area contributed by atoms with Crippen molar-refractivity contribution in [2.45, 2.75) is 25.8 Å². The quantitative estimate of drug-likeness (QED) is 0.895. The zero-order chi connectivity index (χ0) is 13.8. The van der Waals surface area contributed by atoms with Gasteiger partial charge in [-0.3, -0.25) is 4.79 Å². The number of hydrogen-bond donors (Lipinski definition) is 1. The monoisotopic (exact) mass is 263 g/mol. The number of amides is 1. The van der Waals surface area contributed by atoms with E-state index in [2.05, 4.69) is 10.3 Å². The molecule has 0 aromatic carbocycles. The Hall–Kier alpha value is -1.62. The normalized spacial score (nSPS) is 18.4. The van der Waals surface area contributed by atoms with E-state index in [0.29, 0.717) is 12.2 Å². The van der Waals surface area contributed by atoms with Gasteiger partial charge in [0.1, 0.15) is 5.82 Å². The van der Waals surface area contributed by atoms with Crippen LogP contribution in [0.2, 0.25) is 0 Å². The molecule has 2 rings (SSSR count). The predicted octanol–water partition coefficient (Wildman–Crippen LogP) is 1.55. The van der Waals surface area contributed by atoms with Gasteiger partial charge in [-0.25, -0.2) is 4.98 Å². The number of nitrogens with zero attached hydrogens (tertiary/aromatic N) is 2. The second-order valence-electron chi connectivity index (χ2n) is 4.77. The fourth-order valence-electron chi connectivity index (χ4n) is 2.22. The van der Waals surface area contributed by atoms with Gasteiger partial charge < -0.3 is 15.0 Å². The number of aryl methyl sites for hydroxylation is 1. The lowest BCUT2D eigenvalue weighted by molar-refractivity contribution is 0.0711. The Balaban J connectivity index is 2.21. The summed E-state index contributed by atoms with van der Waals surface area (Å²) >= 11 is 0. The summed E-state index contributed by atoms with van der Waals surface area (Å²) in [5.74, 6) is 0.767. The summed E-state index contributed by atoms with van der Waals surface area (Å²) in [7, 11) is 3.65. The number of anilines is 1. The van der Waals surface area contributed by atoms with Crippen LogP contribution in [0.1, 0.15) is 29.4 Å². The molecule has 1 N–H and O–H groups in total. The van der Waals surface area contributed by atoms with Gasteiger partial charge in [0.25, 0.3) is 5.91 Å². The molecular formula is C14H21N3O2. The van der Waals surface area contributed by atoms with E-state index < -0.39 is 0 Å². The molecule has 0 radical (unpaired) electrons. The summed E-state index contributed by atoms with van der Waals surface area (Å²) in [5, 5.41) is 3.00. The number of ether oxygens (including phenoxy) is 1. The van der Waals surface area contributed by atoms with E-state index in [4.69, 9.17) is 4.74 Å². The molecule has 5 heteroatoms. The van der Waals surface area contributed by atoms with Gasteiger partial charge in [0.15, 0.2) is 0 Å². The summed E-state index contributed by atoms with van der Waals surface area (Å²) in [6.45, 7) is 3.40. The van der Waals surface area contributed by atoms with Crippen molar-refractivity contribution in [3.05, 3.63) is 23.4 Å². The second-order valence-corrected chi connectivity index (χ2v) is 4.77. The molecule has 0 bridgehead atoms. The average molecular weight is 263 g/mol. The standard InChI is InChI=1S/C14H21N3O2/c1-4-11-7-10(8-13(15-2)16-11)14(18)17(3)12-5-6-19-9-12/h7-8,12H,4-6,9H2,1-3H3,(H,15,16). The Kier molecular flexibility index (Phi) is 4.37. The van der Waals surface area contributed by atoms with Crippen LogP contribution >= 0.6 is 0 Å². The van der Waals surface area contributed by atoms with Crippen LogP contribution in [0.4, 0.5) is 5.82 Å². The zero-order valence-corrected chi connectivity index (χ0v) is 11.8. The van der Waals surface area contributed by atoms with Gasteiger partial charge in [-0.1, -0.05) is 6.92 Å². The highest BCUT2D eigenvalue weighted by Gasteiger charge is 2.25. The first-order valence-electron chi connectivity index (χ1n) is 6.69. The third-order valence-corrected chi connectivity index (χ3v) is 3.52. The lowest BCUT2D eigenvalue weighted by Gasteiger charge is -2.23. The number of carbonyl (C=O) groups excluding carboxylic acids is 1. The van der Waals surface area contributed by atoms with Crippen molar-refractivity contribution < 1.29 is 9.53 Å². The van der Waals surface area contributed by atoms with Crippen molar-refractivity contribution in [2.75, 3.05) is 32.6 Å². The summed E-state index contributed by atoms with van der Waals surface area (Å²) in [4.78, 5) is 18.7. The highest BCUT2D eigenvalue weighted by Crippen LogP contribution is 2.17. The largest absolute Gasteiger partial charge is 0.379 e. The van der Waals surface area contributed by atoms with E-state index in [1.54, 1.807) is 11.0 Å². The Labute approximate surface area is 114 Å². The van der Waals surface area contributed by atoms with Crippen LogP contribution in [0.15, 0.2) is 12.1 Å². The highest BCUT2D eigenvalue weighted by molar-refractivity contribution is 5.95. The van der Waals surface area contributed by atoms with Gasteiger partial charge in [0.05, 0.1) is 12.6 Å². The third kappa shape index (κ3) is 3.04. The van der Waals surface area contributed by atoms with Crippen LogP contribution in [-0.2, 0) is 11.2 Å². The van der Waals surface area contributed by atoms with E-state index in [-0.39, 0.29) is 11.9 Å². The summed E-state index contributed by atoms with van der Waals surface area (Å²) in [6, 6.07) is 3.85. The van der Waals surface area contributed by atoms with Gasteiger partial charge in [0, 0.05) is 32.0 Å².